The molecule has 1 aromatic rings. The van der Waals surface area contributed by atoms with E-state index in [1.54, 1.807) is 6.33 Å². The average molecular weight is 389 g/mol. The summed E-state index contributed by atoms with van der Waals surface area (Å²) in [5, 5.41) is 15.2. The Morgan fingerprint density at radius 3 is 2.71 bits per heavy atom. The second kappa shape index (κ2) is 9.05. The fourth-order valence-corrected chi connectivity index (χ4v) is 4.36. The number of carbonyl (C=O) groups excluding carboxylic acids is 1. The summed E-state index contributed by atoms with van der Waals surface area (Å²) in [6, 6.07) is 2.96. The number of nitrogens with one attached hydrogen (secondary N) is 2. The fraction of sp³-hybridized carbons (Fsp3) is 0.750. The normalized spacial score (nSPS) is 24.2. The molecule has 2 saturated heterocycles. The van der Waals surface area contributed by atoms with Gasteiger partial charge in [-0.3, -0.25) is 9.69 Å². The number of amides is 1. The smallest absolute Gasteiger partial charge is 0.224 e. The lowest BCUT2D eigenvalue weighted by molar-refractivity contribution is -0.127. The molecular formula is C20H32N6O2. The van der Waals surface area contributed by atoms with Gasteiger partial charge < -0.3 is 20.6 Å². The van der Waals surface area contributed by atoms with Gasteiger partial charge >= 0.3 is 0 Å². The molecule has 3 fully saturated rings. The molecule has 3 heterocycles. The number of anilines is 2. The van der Waals surface area contributed by atoms with Crippen LogP contribution < -0.4 is 15.5 Å². The Bertz CT molecular complexity index is 660. The Morgan fingerprint density at radius 2 is 1.96 bits per heavy atom. The number of aliphatic hydroxyl groups excluding tert-OH is 1. The third-order valence-corrected chi connectivity index (χ3v) is 6.12. The zero-order chi connectivity index (χ0) is 19.3. The first-order valence-corrected chi connectivity index (χ1v) is 10.7. The summed E-state index contributed by atoms with van der Waals surface area (Å²) >= 11 is 0. The van der Waals surface area contributed by atoms with Crippen molar-refractivity contribution < 1.29 is 9.90 Å². The molecule has 154 valence electrons. The highest BCUT2D eigenvalue weighted by Crippen LogP contribution is 2.27. The van der Waals surface area contributed by atoms with Gasteiger partial charge in [0.1, 0.15) is 18.0 Å². The summed E-state index contributed by atoms with van der Waals surface area (Å²) in [6.07, 6.45) is 8.23. The van der Waals surface area contributed by atoms with Gasteiger partial charge in [-0.1, -0.05) is 0 Å². The lowest BCUT2D eigenvalue weighted by Gasteiger charge is -2.42. The monoisotopic (exact) mass is 388 g/mol. The number of rotatable bonds is 7. The number of nitrogens with zero attached hydrogens (tertiary/aromatic N) is 4. The van der Waals surface area contributed by atoms with Gasteiger partial charge in [-0.25, -0.2) is 9.97 Å². The van der Waals surface area contributed by atoms with E-state index in [9.17, 15) is 4.79 Å². The van der Waals surface area contributed by atoms with Crippen molar-refractivity contribution in [1.82, 2.24) is 20.2 Å². The first-order valence-electron chi connectivity index (χ1n) is 10.7. The van der Waals surface area contributed by atoms with Crippen molar-refractivity contribution in [3.8, 4) is 0 Å². The molecule has 1 saturated carbocycles. The SMILES string of the molecule is O=C(NC1CC1)C1CCCN(C2CCN(c3cc(NCCO)ncn3)CC2)C1. The van der Waals surface area contributed by atoms with Gasteiger partial charge in [-0.05, 0) is 45.1 Å². The summed E-state index contributed by atoms with van der Waals surface area (Å²) in [5.74, 6) is 2.12. The first-order chi connectivity index (χ1) is 13.7. The Kier molecular flexibility index (Phi) is 6.26. The van der Waals surface area contributed by atoms with E-state index in [2.05, 4.69) is 30.4 Å². The molecule has 1 aromatic heterocycles. The number of aromatic nitrogens is 2. The van der Waals surface area contributed by atoms with Gasteiger partial charge in [0.05, 0.1) is 12.5 Å². The van der Waals surface area contributed by atoms with Gasteiger partial charge in [0.25, 0.3) is 0 Å². The number of aliphatic hydroxyl groups is 1. The third kappa shape index (κ3) is 4.91. The predicted molar refractivity (Wildman–Crippen MR) is 108 cm³/mol. The largest absolute Gasteiger partial charge is 0.395 e. The number of hydrogen-bond donors (Lipinski definition) is 3. The minimum Gasteiger partial charge on any atom is -0.395 e. The van der Waals surface area contributed by atoms with Crippen LogP contribution in [0.25, 0.3) is 0 Å². The van der Waals surface area contributed by atoms with Gasteiger partial charge in [-0.15, -0.1) is 0 Å². The van der Waals surface area contributed by atoms with Crippen molar-refractivity contribution in [2.24, 2.45) is 5.92 Å². The highest BCUT2D eigenvalue weighted by Gasteiger charge is 2.33. The van der Waals surface area contributed by atoms with E-state index in [0.717, 1.165) is 76.3 Å². The summed E-state index contributed by atoms with van der Waals surface area (Å²) in [4.78, 5) is 25.9. The van der Waals surface area contributed by atoms with Crippen LogP contribution in [-0.4, -0.2) is 77.3 Å². The third-order valence-electron chi connectivity index (χ3n) is 6.12. The molecule has 3 N–H and O–H groups in total. The molecule has 0 radical (unpaired) electrons. The van der Waals surface area contributed by atoms with Crippen molar-refractivity contribution in [1.29, 1.82) is 0 Å². The van der Waals surface area contributed by atoms with E-state index in [-0.39, 0.29) is 18.4 Å². The standard InChI is InChI=1S/C20H32N6O2/c27-11-7-21-18-12-19(23-14-22-18)25-9-5-17(6-10-25)26-8-1-2-15(13-26)20(28)24-16-3-4-16/h12,14-17,27H,1-11,13H2,(H,24,28)(H,21,22,23). The van der Waals surface area contributed by atoms with Crippen molar-refractivity contribution >= 4 is 17.5 Å². The van der Waals surface area contributed by atoms with E-state index in [4.69, 9.17) is 5.11 Å². The zero-order valence-electron chi connectivity index (χ0n) is 16.5. The van der Waals surface area contributed by atoms with E-state index < -0.39 is 0 Å². The Morgan fingerprint density at radius 1 is 1.14 bits per heavy atom. The second-order valence-corrected chi connectivity index (χ2v) is 8.25. The molecule has 0 spiro atoms. The molecule has 1 unspecified atom stereocenters. The molecule has 4 rings (SSSR count). The summed E-state index contributed by atoms with van der Waals surface area (Å²) < 4.78 is 0. The number of piperidine rings is 2. The Hall–Kier alpha value is -1.93. The molecule has 1 amide bonds. The molecule has 1 aliphatic carbocycles. The summed E-state index contributed by atoms with van der Waals surface area (Å²) in [5.41, 5.74) is 0. The molecule has 0 bridgehead atoms. The minimum absolute atomic E-state index is 0.0836. The van der Waals surface area contributed by atoms with E-state index >= 15 is 0 Å². The number of likely N-dealkylation sites (tertiary alicyclic amines) is 1. The molecule has 0 aromatic carbocycles. The predicted octanol–water partition coefficient (Wildman–Crippen LogP) is 0.840. The number of hydrogen-bond acceptors (Lipinski definition) is 7. The van der Waals surface area contributed by atoms with Gasteiger partial charge in [-0.2, -0.15) is 0 Å². The molecule has 3 aliphatic rings. The van der Waals surface area contributed by atoms with Crippen LogP contribution in [0, 0.1) is 5.92 Å². The maximum Gasteiger partial charge on any atom is 0.224 e. The van der Waals surface area contributed by atoms with Crippen LogP contribution in [0.5, 0.6) is 0 Å². The van der Waals surface area contributed by atoms with Crippen LogP contribution >= 0.6 is 0 Å². The maximum absolute atomic E-state index is 12.4. The molecule has 8 nitrogen and oxygen atoms in total. The van der Waals surface area contributed by atoms with E-state index in [0.29, 0.717) is 18.6 Å². The van der Waals surface area contributed by atoms with Crippen molar-refractivity contribution in [2.45, 2.75) is 50.6 Å². The van der Waals surface area contributed by atoms with Crippen molar-refractivity contribution in [2.75, 3.05) is 49.5 Å². The van der Waals surface area contributed by atoms with Gasteiger partial charge in [0.15, 0.2) is 0 Å². The first kappa shape index (κ1) is 19.4. The zero-order valence-corrected chi connectivity index (χ0v) is 16.5. The average Bonchev–Trinajstić information content (AvgIpc) is 3.57. The quantitative estimate of drug-likeness (QED) is 0.637. The van der Waals surface area contributed by atoms with Crippen molar-refractivity contribution in [3.63, 3.8) is 0 Å². The lowest BCUT2D eigenvalue weighted by atomic mass is 9.93. The molecule has 1 atom stereocenters. The van der Waals surface area contributed by atoms with Crippen LogP contribution in [0.4, 0.5) is 11.6 Å². The van der Waals surface area contributed by atoms with Crippen molar-refractivity contribution in [3.05, 3.63) is 12.4 Å². The molecule has 28 heavy (non-hydrogen) atoms. The van der Waals surface area contributed by atoms with Gasteiger partial charge in [0.2, 0.25) is 5.91 Å². The highest BCUT2D eigenvalue weighted by molar-refractivity contribution is 5.79. The number of carbonyl (C=O) groups is 1. The highest BCUT2D eigenvalue weighted by atomic mass is 16.3. The topological polar surface area (TPSA) is 93.6 Å². The van der Waals surface area contributed by atoms with Gasteiger partial charge in [0, 0.05) is 44.3 Å². The molecular weight excluding hydrogens is 356 g/mol. The second-order valence-electron chi connectivity index (χ2n) is 8.25. The Labute approximate surface area is 166 Å². The van der Waals surface area contributed by atoms with Crippen LogP contribution in [-0.2, 0) is 4.79 Å². The summed E-state index contributed by atoms with van der Waals surface area (Å²) in [6.45, 7) is 4.53. The minimum atomic E-state index is 0.0836. The molecule has 8 heteroatoms. The van der Waals surface area contributed by atoms with Crippen LogP contribution in [0.2, 0.25) is 0 Å². The maximum atomic E-state index is 12.4. The van der Waals surface area contributed by atoms with Crippen LogP contribution in [0.15, 0.2) is 12.4 Å². The Balaban J connectivity index is 1.28. The van der Waals surface area contributed by atoms with Crippen LogP contribution in [0.3, 0.4) is 0 Å². The van der Waals surface area contributed by atoms with E-state index in [1.165, 1.54) is 0 Å². The summed E-state index contributed by atoms with van der Waals surface area (Å²) in [7, 11) is 0. The molecule has 2 aliphatic heterocycles. The van der Waals surface area contributed by atoms with Crippen LogP contribution in [0.1, 0.15) is 38.5 Å². The fourth-order valence-electron chi connectivity index (χ4n) is 4.36. The lowest BCUT2D eigenvalue weighted by Crippen LogP contribution is -2.51. The van der Waals surface area contributed by atoms with E-state index in [1.807, 2.05) is 6.07 Å².